The quantitative estimate of drug-likeness (QED) is 0.435. The lowest BCUT2D eigenvalue weighted by atomic mass is 10.1. The fourth-order valence-corrected chi connectivity index (χ4v) is 3.19. The van der Waals surface area contributed by atoms with Crippen LogP contribution in [0.5, 0.6) is 0 Å². The minimum absolute atomic E-state index is 0.0792. The summed E-state index contributed by atoms with van der Waals surface area (Å²) < 4.78 is 9.73. The van der Waals surface area contributed by atoms with Crippen molar-refractivity contribution in [3.8, 4) is 0 Å². The van der Waals surface area contributed by atoms with Crippen LogP contribution in [-0.2, 0) is 19.1 Å². The molecule has 148 valence electrons. The van der Waals surface area contributed by atoms with Crippen molar-refractivity contribution in [1.82, 2.24) is 5.32 Å². The van der Waals surface area contributed by atoms with Gasteiger partial charge in [0.25, 0.3) is 5.91 Å². The lowest BCUT2D eigenvalue weighted by molar-refractivity contribution is -0.148. The molecule has 0 aliphatic carbocycles. The minimum atomic E-state index is -1.03. The van der Waals surface area contributed by atoms with Gasteiger partial charge in [0.1, 0.15) is 11.0 Å². The van der Waals surface area contributed by atoms with Gasteiger partial charge >= 0.3 is 18.0 Å². The van der Waals surface area contributed by atoms with Crippen molar-refractivity contribution in [1.29, 1.82) is 0 Å². The number of ketones is 1. The Morgan fingerprint density at radius 2 is 1.81 bits per heavy atom. The van der Waals surface area contributed by atoms with Crippen molar-refractivity contribution in [2.45, 2.75) is 33.7 Å². The number of urea groups is 1. The zero-order valence-corrected chi connectivity index (χ0v) is 16.2. The van der Waals surface area contributed by atoms with Crippen LogP contribution in [-0.4, -0.2) is 48.9 Å². The maximum Gasteiger partial charge on any atom is 0.341 e. The number of anilines is 1. The zero-order valence-electron chi connectivity index (χ0n) is 15.3. The average molecular weight is 399 g/mol. The van der Waals surface area contributed by atoms with E-state index in [1.165, 1.54) is 13.8 Å². The van der Waals surface area contributed by atoms with Crippen LogP contribution in [0, 0.1) is 6.92 Å². The standard InChI is InChI=1S/C16H21N3O7S/c1-5-25-15(23)11-7(2)12(9(4)20)27-13(11)19-10(21)6-26-14(22)8(3)18-16(17)24/h8H,5-6H2,1-4H3,(H,19,21)(H3,17,18,24)/t8-/m0/s1. The Morgan fingerprint density at radius 1 is 1.19 bits per heavy atom. The summed E-state index contributed by atoms with van der Waals surface area (Å²) in [6.45, 7) is 5.36. The molecule has 0 aliphatic heterocycles. The molecule has 4 N–H and O–H groups in total. The molecule has 1 atom stereocenters. The monoisotopic (exact) mass is 399 g/mol. The molecule has 0 saturated carbocycles. The van der Waals surface area contributed by atoms with Crippen LogP contribution in [0.25, 0.3) is 0 Å². The van der Waals surface area contributed by atoms with Crippen LogP contribution in [0.15, 0.2) is 0 Å². The molecule has 1 aromatic rings. The summed E-state index contributed by atoms with van der Waals surface area (Å²) in [7, 11) is 0. The van der Waals surface area contributed by atoms with Gasteiger partial charge in [0.05, 0.1) is 17.0 Å². The van der Waals surface area contributed by atoms with Crippen molar-refractivity contribution in [3.05, 3.63) is 16.0 Å². The molecule has 0 radical (unpaired) electrons. The van der Waals surface area contributed by atoms with Gasteiger partial charge in [-0.3, -0.25) is 9.59 Å². The van der Waals surface area contributed by atoms with Crippen molar-refractivity contribution < 1.29 is 33.4 Å². The summed E-state index contributed by atoms with van der Waals surface area (Å²) in [6.07, 6.45) is 0. The van der Waals surface area contributed by atoms with Crippen molar-refractivity contribution in [2.75, 3.05) is 18.5 Å². The van der Waals surface area contributed by atoms with E-state index >= 15 is 0 Å². The second kappa shape index (κ2) is 9.67. The van der Waals surface area contributed by atoms with Crippen LogP contribution in [0.3, 0.4) is 0 Å². The number of thiophene rings is 1. The minimum Gasteiger partial charge on any atom is -0.462 e. The van der Waals surface area contributed by atoms with Gasteiger partial charge in [-0.25, -0.2) is 14.4 Å². The number of ether oxygens (including phenoxy) is 2. The average Bonchev–Trinajstić information content (AvgIpc) is 2.88. The molecule has 1 heterocycles. The summed E-state index contributed by atoms with van der Waals surface area (Å²) in [5.74, 6) is -2.52. The number of nitrogens with one attached hydrogen (secondary N) is 2. The molecular weight excluding hydrogens is 378 g/mol. The van der Waals surface area contributed by atoms with Crippen molar-refractivity contribution in [2.24, 2.45) is 5.73 Å². The first-order valence-electron chi connectivity index (χ1n) is 7.92. The summed E-state index contributed by atoms with van der Waals surface area (Å²) in [6, 6.07) is -1.94. The highest BCUT2D eigenvalue weighted by atomic mass is 32.1. The Bertz CT molecular complexity index is 772. The first-order valence-corrected chi connectivity index (χ1v) is 8.74. The molecule has 1 rings (SSSR count). The van der Waals surface area contributed by atoms with Gasteiger partial charge < -0.3 is 25.8 Å². The van der Waals surface area contributed by atoms with Gasteiger partial charge in [0.2, 0.25) is 0 Å². The summed E-state index contributed by atoms with van der Waals surface area (Å²) in [5.41, 5.74) is 5.37. The van der Waals surface area contributed by atoms with E-state index in [0.717, 1.165) is 11.3 Å². The van der Waals surface area contributed by atoms with Crippen LogP contribution in [0.1, 0.15) is 46.4 Å². The van der Waals surface area contributed by atoms with Crippen LogP contribution in [0.4, 0.5) is 9.80 Å². The van der Waals surface area contributed by atoms with Crippen LogP contribution in [0.2, 0.25) is 0 Å². The molecule has 0 fully saturated rings. The number of hydrogen-bond acceptors (Lipinski definition) is 8. The molecule has 0 spiro atoms. The summed E-state index contributed by atoms with van der Waals surface area (Å²) >= 11 is 0.929. The predicted molar refractivity (Wildman–Crippen MR) is 96.8 cm³/mol. The second-order valence-electron chi connectivity index (χ2n) is 5.42. The van der Waals surface area contributed by atoms with Gasteiger partial charge in [0, 0.05) is 0 Å². The topological polar surface area (TPSA) is 154 Å². The van der Waals surface area contributed by atoms with Crippen molar-refractivity contribution >= 4 is 46.0 Å². The summed E-state index contributed by atoms with van der Waals surface area (Å²) in [4.78, 5) is 58.6. The maximum atomic E-state index is 12.1. The molecule has 0 saturated heterocycles. The van der Waals surface area contributed by atoms with E-state index in [9.17, 15) is 24.0 Å². The Morgan fingerprint density at radius 3 is 2.33 bits per heavy atom. The number of Topliss-reactive ketones (excluding diaryl/α,β-unsaturated/α-hetero) is 1. The number of rotatable bonds is 8. The van der Waals surface area contributed by atoms with E-state index in [4.69, 9.17) is 15.2 Å². The van der Waals surface area contributed by atoms with Gasteiger partial charge in [-0.1, -0.05) is 0 Å². The molecular formula is C16H21N3O7S. The van der Waals surface area contributed by atoms with Gasteiger partial charge in [0.15, 0.2) is 12.4 Å². The molecule has 0 bridgehead atoms. The largest absolute Gasteiger partial charge is 0.462 e. The number of carbonyl (C=O) groups is 5. The van der Waals surface area contributed by atoms with Crippen molar-refractivity contribution in [3.63, 3.8) is 0 Å². The third-order valence-corrected chi connectivity index (χ3v) is 4.56. The molecule has 0 unspecified atom stereocenters. The molecule has 3 amide bonds. The Hall–Kier alpha value is -2.95. The normalized spacial score (nSPS) is 11.3. The number of hydrogen-bond donors (Lipinski definition) is 3. The van der Waals surface area contributed by atoms with E-state index in [0.29, 0.717) is 10.4 Å². The van der Waals surface area contributed by atoms with Gasteiger partial charge in [-0.2, -0.15) is 0 Å². The zero-order chi connectivity index (χ0) is 20.7. The van der Waals surface area contributed by atoms with E-state index in [1.54, 1.807) is 13.8 Å². The van der Waals surface area contributed by atoms with E-state index in [-0.39, 0.29) is 23.0 Å². The van der Waals surface area contributed by atoms with Crippen LogP contribution < -0.4 is 16.4 Å². The molecule has 11 heteroatoms. The fourth-order valence-electron chi connectivity index (χ4n) is 2.08. The highest BCUT2D eigenvalue weighted by molar-refractivity contribution is 7.18. The second-order valence-corrected chi connectivity index (χ2v) is 6.44. The smallest absolute Gasteiger partial charge is 0.341 e. The Labute approximate surface area is 159 Å². The maximum absolute atomic E-state index is 12.1. The number of nitrogens with two attached hydrogens (primary N) is 1. The third-order valence-electron chi connectivity index (χ3n) is 3.26. The number of esters is 2. The first kappa shape index (κ1) is 22.1. The number of amides is 3. The third kappa shape index (κ3) is 6.06. The van der Waals surface area contributed by atoms with Gasteiger partial charge in [-0.15, -0.1) is 11.3 Å². The molecule has 0 aromatic carbocycles. The predicted octanol–water partition coefficient (Wildman–Crippen LogP) is 0.974. The van der Waals surface area contributed by atoms with E-state index in [2.05, 4.69) is 10.6 Å². The lowest BCUT2D eigenvalue weighted by Crippen LogP contribution is -2.43. The summed E-state index contributed by atoms with van der Waals surface area (Å²) in [5, 5.41) is 4.68. The Kier molecular flexibility index (Phi) is 7.91. The molecule has 1 aromatic heterocycles. The van der Waals surface area contributed by atoms with Crippen LogP contribution >= 0.6 is 11.3 Å². The number of carbonyl (C=O) groups excluding carboxylic acids is 5. The fraction of sp³-hybridized carbons (Fsp3) is 0.438. The Balaban J connectivity index is 2.88. The van der Waals surface area contributed by atoms with E-state index < -0.39 is 36.5 Å². The van der Waals surface area contributed by atoms with Gasteiger partial charge in [-0.05, 0) is 33.3 Å². The number of primary amides is 1. The lowest BCUT2D eigenvalue weighted by Gasteiger charge is -2.11. The highest BCUT2D eigenvalue weighted by Gasteiger charge is 2.25. The first-order chi connectivity index (χ1) is 12.6. The molecule has 0 aliphatic rings. The highest BCUT2D eigenvalue weighted by Crippen LogP contribution is 2.34. The SMILES string of the molecule is CCOC(=O)c1c(NC(=O)COC(=O)[C@H](C)NC(N)=O)sc(C(C)=O)c1C. The molecule has 10 nitrogen and oxygen atoms in total. The van der Waals surface area contributed by atoms with E-state index in [1.807, 2.05) is 0 Å². The molecule has 27 heavy (non-hydrogen) atoms.